The summed E-state index contributed by atoms with van der Waals surface area (Å²) in [7, 11) is 0. The summed E-state index contributed by atoms with van der Waals surface area (Å²) in [5.41, 5.74) is 7.39. The third kappa shape index (κ3) is 6.56. The second-order valence-corrected chi connectivity index (χ2v) is 15.1. The Kier molecular flexibility index (Phi) is 2.99. The monoisotopic (exact) mass is 164 g/mol. The van der Waals surface area contributed by atoms with Crippen molar-refractivity contribution in [3.8, 4) is 0 Å². The van der Waals surface area contributed by atoms with Gasteiger partial charge in [0.15, 0.2) is 0 Å². The van der Waals surface area contributed by atoms with E-state index in [1.54, 1.807) is 0 Å². The van der Waals surface area contributed by atoms with Crippen molar-refractivity contribution in [1.29, 1.82) is 0 Å². The van der Waals surface area contributed by atoms with E-state index in [0.29, 0.717) is 0 Å². The van der Waals surface area contributed by atoms with E-state index in [4.69, 9.17) is 0 Å². The molecule has 0 saturated heterocycles. The van der Waals surface area contributed by atoms with Gasteiger partial charge in [0.05, 0.1) is 0 Å². The Hall–Kier alpha value is 0.558. The van der Waals surface area contributed by atoms with Crippen LogP contribution in [0.1, 0.15) is 13.3 Å². The third-order valence-corrected chi connectivity index (χ3v) is 5.20. The topological polar surface area (TPSA) is 0 Å². The molecule has 0 aromatic rings. The summed E-state index contributed by atoms with van der Waals surface area (Å²) in [5, 5.41) is 1.53. The van der Waals surface area contributed by atoms with Crippen molar-refractivity contribution in [2.45, 2.75) is 35.7 Å². The van der Waals surface area contributed by atoms with Gasteiger partial charge in [-0.1, -0.05) is 0 Å². The summed E-state index contributed by atoms with van der Waals surface area (Å²) in [6.45, 7) is 2.27. The molecule has 0 unspecified atom stereocenters. The summed E-state index contributed by atoms with van der Waals surface area (Å²) in [6, 6.07) is 0. The summed E-state index contributed by atoms with van der Waals surface area (Å²) in [4.78, 5) is 0. The molecule has 0 bridgehead atoms. The minimum absolute atomic E-state index is 1.08. The average molecular weight is 164 g/mol. The second-order valence-electron chi connectivity index (χ2n) is 3.31. The van der Waals surface area contributed by atoms with Crippen molar-refractivity contribution in [3.05, 3.63) is 0 Å². The number of hydrogen-bond acceptors (Lipinski definition) is 0. The van der Waals surface area contributed by atoms with E-state index in [2.05, 4.69) is 24.1 Å². The van der Waals surface area contributed by atoms with Crippen LogP contribution < -0.4 is 0 Å². The zero-order valence-corrected chi connectivity index (χ0v) is 8.01. The minimum atomic E-state index is -1.08. The van der Waals surface area contributed by atoms with Gasteiger partial charge in [-0.15, -0.1) is 0 Å². The molecule has 0 spiro atoms. The normalized spacial score (nSPS) is 14.3. The zero-order valence-electron chi connectivity index (χ0n) is 5.91. The van der Waals surface area contributed by atoms with Crippen LogP contribution in [0.15, 0.2) is 0 Å². The predicted molar refractivity (Wildman–Crippen MR) is 39.8 cm³/mol. The molecule has 0 aliphatic heterocycles. The van der Waals surface area contributed by atoms with Crippen LogP contribution in [-0.2, 0) is 0 Å². The van der Waals surface area contributed by atoms with E-state index in [1.807, 2.05) is 0 Å². The Balaban J connectivity index is 3.15. The Labute approximate surface area is 49.8 Å². The average Bonchev–Trinajstić information content (AvgIpc) is 1.30. The Morgan fingerprint density at radius 2 is 1.57 bits per heavy atom. The summed E-state index contributed by atoms with van der Waals surface area (Å²) >= 11 is -1.08. The quantitative estimate of drug-likeness (QED) is 0.550. The molecule has 0 aromatic heterocycles. The molecule has 46 valence electrons. The van der Waals surface area contributed by atoms with E-state index >= 15 is 0 Å². The van der Waals surface area contributed by atoms with Gasteiger partial charge in [-0.2, -0.15) is 0 Å². The summed E-state index contributed by atoms with van der Waals surface area (Å²) < 4.78 is 0. The van der Waals surface area contributed by atoms with Crippen molar-refractivity contribution in [2.24, 2.45) is 0 Å². The molecule has 0 saturated carbocycles. The first-order chi connectivity index (χ1) is 3.06. The number of rotatable bonds is 2. The first kappa shape index (κ1) is 7.56. The molecule has 0 aromatic carbocycles. The molecule has 7 heavy (non-hydrogen) atoms. The van der Waals surface area contributed by atoms with Crippen LogP contribution in [-0.4, -0.2) is 13.6 Å². The molecule has 0 fully saturated rings. The van der Waals surface area contributed by atoms with Crippen LogP contribution in [0.25, 0.3) is 0 Å². The van der Waals surface area contributed by atoms with Gasteiger partial charge in [-0.3, -0.25) is 0 Å². The van der Waals surface area contributed by atoms with Gasteiger partial charge in [0.1, 0.15) is 0 Å². The van der Waals surface area contributed by atoms with Crippen LogP contribution in [0.5, 0.6) is 0 Å². The molecular formula is C6H17As. The SMILES string of the molecule is CCC[AsH](C)(C)C. The van der Waals surface area contributed by atoms with Gasteiger partial charge >= 0.3 is 49.2 Å². The second kappa shape index (κ2) is 2.77. The van der Waals surface area contributed by atoms with Crippen LogP contribution in [0, 0.1) is 0 Å². The maximum absolute atomic E-state index is 2.46. The van der Waals surface area contributed by atoms with Crippen molar-refractivity contribution >= 4 is 13.6 Å². The fourth-order valence-electron chi connectivity index (χ4n) is 0.750. The standard InChI is InChI=1S/C6H17As/c1-5-6-7(2,3)4/h7H,5-6H2,1-4H3. The van der Waals surface area contributed by atoms with E-state index in [1.165, 1.54) is 11.6 Å². The molecule has 0 aliphatic carbocycles. The molecule has 0 heterocycles. The van der Waals surface area contributed by atoms with Gasteiger partial charge in [0.25, 0.3) is 0 Å². The Bertz CT molecular complexity index is 42.6. The van der Waals surface area contributed by atoms with Crippen LogP contribution in [0.2, 0.25) is 22.3 Å². The molecule has 0 nitrogen and oxygen atoms in total. The van der Waals surface area contributed by atoms with Gasteiger partial charge < -0.3 is 0 Å². The summed E-state index contributed by atoms with van der Waals surface area (Å²) in [5.74, 6) is 0. The van der Waals surface area contributed by atoms with Crippen molar-refractivity contribution < 1.29 is 0 Å². The van der Waals surface area contributed by atoms with Crippen molar-refractivity contribution in [3.63, 3.8) is 0 Å². The fraction of sp³-hybridized carbons (Fsp3) is 1.00. The first-order valence-electron chi connectivity index (χ1n) is 3.06. The van der Waals surface area contributed by atoms with Gasteiger partial charge in [0.2, 0.25) is 0 Å². The molecular weight excluding hydrogens is 147 g/mol. The molecule has 0 atom stereocenters. The molecule has 0 aliphatic rings. The van der Waals surface area contributed by atoms with E-state index < -0.39 is 13.6 Å². The van der Waals surface area contributed by atoms with Crippen LogP contribution in [0.3, 0.4) is 0 Å². The van der Waals surface area contributed by atoms with Gasteiger partial charge in [-0.05, 0) is 0 Å². The van der Waals surface area contributed by atoms with Gasteiger partial charge in [-0.25, -0.2) is 0 Å². The van der Waals surface area contributed by atoms with E-state index in [9.17, 15) is 0 Å². The van der Waals surface area contributed by atoms with Crippen LogP contribution >= 0.6 is 0 Å². The number of hydrogen-bond donors (Lipinski definition) is 0. The third-order valence-electron chi connectivity index (χ3n) is 1.000. The summed E-state index contributed by atoms with van der Waals surface area (Å²) in [6.07, 6.45) is 1.39. The van der Waals surface area contributed by atoms with Crippen LogP contribution in [0.4, 0.5) is 0 Å². The fourth-order valence-corrected chi connectivity index (χ4v) is 3.90. The van der Waals surface area contributed by atoms with Crippen molar-refractivity contribution in [1.82, 2.24) is 0 Å². The Morgan fingerprint density at radius 1 is 1.14 bits per heavy atom. The predicted octanol–water partition coefficient (Wildman–Crippen LogP) is 2.47. The Morgan fingerprint density at radius 3 is 1.57 bits per heavy atom. The van der Waals surface area contributed by atoms with Gasteiger partial charge in [0, 0.05) is 0 Å². The molecule has 0 amide bonds. The first-order valence-corrected chi connectivity index (χ1v) is 10.8. The molecule has 0 radical (unpaired) electrons. The molecule has 0 rings (SSSR count). The molecule has 1 heteroatoms. The van der Waals surface area contributed by atoms with E-state index in [0.717, 1.165) is 0 Å². The molecule has 0 N–H and O–H groups in total. The van der Waals surface area contributed by atoms with Crippen molar-refractivity contribution in [2.75, 3.05) is 0 Å². The van der Waals surface area contributed by atoms with E-state index in [-0.39, 0.29) is 0 Å². The maximum atomic E-state index is 2.46. The zero-order chi connectivity index (χ0) is 5.91.